The number of aromatic nitrogens is 3. The third-order valence-electron chi connectivity index (χ3n) is 8.07. The summed E-state index contributed by atoms with van der Waals surface area (Å²) >= 11 is 6.42. The zero-order chi connectivity index (χ0) is 33.7. The summed E-state index contributed by atoms with van der Waals surface area (Å²) in [4.78, 5) is 41.0. The number of amides is 1. The standard InChI is InChI=1S/C35H43ClN6O4S/c1-7-47(29-11-9-8-10-28(29)36)41-30-17-16-27(32(43)39-30)22-18-23-20-37-33(40-31(23)24(19-22)21-45-6)38-25-12-14-26(15-13-25)42(5)34(44)46-35(2,3)4/h7-11,16-20,25-26H,12-15,21H2,1-6H3,(H,37,38,40)(H2,39,41,43). The molecule has 1 amide bonds. The molecule has 5 rings (SSSR count). The van der Waals surface area contributed by atoms with Crippen LogP contribution in [0, 0.1) is 0 Å². The van der Waals surface area contributed by atoms with Gasteiger partial charge in [0.2, 0.25) is 5.95 Å². The van der Waals surface area contributed by atoms with Gasteiger partial charge in [0, 0.05) is 53.8 Å². The SMILES string of the molecule is C/C=S(/Nc1ccc(-c2cc(COC)c3nc(NC4CCC(N(C)C(=O)OC(C)(C)C)CC4)ncc3c2)c(=O)[nH]1)c1ccccc1Cl. The third-order valence-corrected chi connectivity index (χ3v) is 10.3. The number of methoxy groups -OCH3 is 1. The van der Waals surface area contributed by atoms with Crippen molar-refractivity contribution in [3.05, 3.63) is 75.7 Å². The molecule has 2 aromatic heterocycles. The Balaban J connectivity index is 1.31. The second-order valence-electron chi connectivity index (χ2n) is 12.7. The van der Waals surface area contributed by atoms with Crippen molar-refractivity contribution in [3.8, 4) is 11.1 Å². The summed E-state index contributed by atoms with van der Waals surface area (Å²) in [5, 5.41) is 6.99. The number of hydrogen-bond donors (Lipinski definition) is 3. The number of H-pyrrole nitrogens is 1. The molecule has 0 saturated heterocycles. The highest BCUT2D eigenvalue weighted by atomic mass is 35.5. The van der Waals surface area contributed by atoms with Gasteiger partial charge in [-0.25, -0.2) is 14.8 Å². The highest BCUT2D eigenvalue weighted by Gasteiger charge is 2.29. The summed E-state index contributed by atoms with van der Waals surface area (Å²) in [5.74, 6) is 1.14. The Morgan fingerprint density at radius 1 is 1.15 bits per heavy atom. The molecule has 1 aliphatic carbocycles. The maximum absolute atomic E-state index is 13.3. The van der Waals surface area contributed by atoms with Crippen LogP contribution in [0.4, 0.5) is 16.6 Å². The van der Waals surface area contributed by atoms with Gasteiger partial charge < -0.3 is 29.4 Å². The van der Waals surface area contributed by atoms with Gasteiger partial charge in [0.25, 0.3) is 5.56 Å². The summed E-state index contributed by atoms with van der Waals surface area (Å²) in [7, 11) is 2.96. The lowest BCUT2D eigenvalue weighted by atomic mass is 9.90. The number of hydrogen-bond acceptors (Lipinski definition) is 8. The average molecular weight is 679 g/mol. The molecule has 1 saturated carbocycles. The monoisotopic (exact) mass is 678 g/mol. The molecular formula is C35H43ClN6O4S. The van der Waals surface area contributed by atoms with Crippen molar-refractivity contribution >= 4 is 56.4 Å². The fourth-order valence-electron chi connectivity index (χ4n) is 5.73. The van der Waals surface area contributed by atoms with Crippen molar-refractivity contribution < 1.29 is 14.3 Å². The Labute approximate surface area is 283 Å². The highest BCUT2D eigenvalue weighted by Crippen LogP contribution is 2.33. The molecule has 250 valence electrons. The number of ether oxygens (including phenoxy) is 2. The first-order valence-corrected chi connectivity index (χ1v) is 17.4. The van der Waals surface area contributed by atoms with E-state index in [-0.39, 0.29) is 23.7 Å². The Bertz CT molecular complexity index is 1830. The van der Waals surface area contributed by atoms with Gasteiger partial charge in [-0.3, -0.25) is 4.79 Å². The van der Waals surface area contributed by atoms with Crippen LogP contribution in [0.3, 0.4) is 0 Å². The molecule has 0 spiro atoms. The van der Waals surface area contributed by atoms with Crippen LogP contribution in [0.1, 0.15) is 58.9 Å². The maximum atomic E-state index is 13.3. The summed E-state index contributed by atoms with van der Waals surface area (Å²) in [5.41, 5.74) is 2.17. The second-order valence-corrected chi connectivity index (χ2v) is 14.9. The summed E-state index contributed by atoms with van der Waals surface area (Å²) in [6.45, 7) is 7.92. The normalized spacial score (nSPS) is 17.3. The number of halogens is 1. The number of nitrogens with zero attached hydrogens (tertiary/aromatic N) is 3. The molecule has 3 N–H and O–H groups in total. The van der Waals surface area contributed by atoms with E-state index >= 15 is 0 Å². The summed E-state index contributed by atoms with van der Waals surface area (Å²) in [6.07, 6.45) is 4.98. The minimum absolute atomic E-state index is 0.134. The molecule has 1 unspecified atom stereocenters. The quantitative estimate of drug-likeness (QED) is 0.153. The van der Waals surface area contributed by atoms with E-state index in [1.807, 2.05) is 88.6 Å². The van der Waals surface area contributed by atoms with Gasteiger partial charge in [0.15, 0.2) is 0 Å². The number of carbonyl (C=O) groups excluding carboxylic acids is 1. The highest BCUT2D eigenvalue weighted by molar-refractivity contribution is 8.16. The van der Waals surface area contributed by atoms with E-state index < -0.39 is 16.3 Å². The van der Waals surface area contributed by atoms with Crippen molar-refractivity contribution in [1.82, 2.24) is 19.9 Å². The van der Waals surface area contributed by atoms with Gasteiger partial charge in [0.05, 0.1) is 17.1 Å². The predicted molar refractivity (Wildman–Crippen MR) is 193 cm³/mol. The van der Waals surface area contributed by atoms with E-state index in [1.165, 1.54) is 0 Å². The van der Waals surface area contributed by atoms with Crippen molar-refractivity contribution in [2.45, 2.75) is 82.6 Å². The molecule has 47 heavy (non-hydrogen) atoms. The van der Waals surface area contributed by atoms with E-state index in [2.05, 4.69) is 20.0 Å². The van der Waals surface area contributed by atoms with Crippen LogP contribution >= 0.6 is 22.3 Å². The van der Waals surface area contributed by atoms with Crippen LogP contribution in [0.15, 0.2) is 64.4 Å². The molecule has 4 aromatic rings. The lowest BCUT2D eigenvalue weighted by Crippen LogP contribution is -2.43. The van der Waals surface area contributed by atoms with Crippen LogP contribution in [-0.4, -0.2) is 63.2 Å². The molecule has 0 radical (unpaired) electrons. The Morgan fingerprint density at radius 3 is 2.55 bits per heavy atom. The molecular weight excluding hydrogens is 636 g/mol. The number of anilines is 2. The summed E-state index contributed by atoms with van der Waals surface area (Å²) < 4.78 is 14.5. The van der Waals surface area contributed by atoms with E-state index in [4.69, 9.17) is 26.1 Å². The molecule has 1 atom stereocenters. The lowest BCUT2D eigenvalue weighted by Gasteiger charge is -2.35. The van der Waals surface area contributed by atoms with Crippen LogP contribution in [-0.2, 0) is 16.1 Å². The molecule has 1 fully saturated rings. The van der Waals surface area contributed by atoms with Crippen LogP contribution in [0.2, 0.25) is 5.02 Å². The molecule has 1 aliphatic rings. The fourth-order valence-corrected chi connectivity index (χ4v) is 7.45. The Hall–Kier alpha value is -3.93. The van der Waals surface area contributed by atoms with E-state index in [0.29, 0.717) is 29.0 Å². The maximum Gasteiger partial charge on any atom is 0.410 e. The van der Waals surface area contributed by atoms with Crippen molar-refractivity contribution in [3.63, 3.8) is 0 Å². The molecule has 12 heteroatoms. The topological polar surface area (TPSA) is 121 Å². The lowest BCUT2D eigenvalue weighted by molar-refractivity contribution is 0.0185. The van der Waals surface area contributed by atoms with E-state index in [0.717, 1.165) is 52.6 Å². The Morgan fingerprint density at radius 2 is 1.89 bits per heavy atom. The molecule has 0 bridgehead atoms. The first kappa shape index (κ1) is 34.4. The number of pyridine rings is 1. The van der Waals surface area contributed by atoms with Crippen molar-refractivity contribution in [2.24, 2.45) is 0 Å². The van der Waals surface area contributed by atoms with Crippen LogP contribution in [0.5, 0.6) is 0 Å². The van der Waals surface area contributed by atoms with Gasteiger partial charge >= 0.3 is 6.09 Å². The Kier molecular flexibility index (Phi) is 10.9. The molecule has 0 aliphatic heterocycles. The number of carbonyl (C=O) groups is 1. The fraction of sp³-hybridized carbons (Fsp3) is 0.400. The van der Waals surface area contributed by atoms with E-state index in [1.54, 1.807) is 18.2 Å². The molecule has 2 heterocycles. The number of rotatable bonds is 9. The predicted octanol–water partition coefficient (Wildman–Crippen LogP) is 7.85. The molecule has 2 aromatic carbocycles. The minimum atomic E-state index is -0.520. The van der Waals surface area contributed by atoms with Gasteiger partial charge in [-0.05, 0) is 101 Å². The van der Waals surface area contributed by atoms with E-state index in [9.17, 15) is 9.59 Å². The average Bonchev–Trinajstić information content (AvgIpc) is 3.03. The van der Waals surface area contributed by atoms with Crippen LogP contribution in [0.25, 0.3) is 22.0 Å². The van der Waals surface area contributed by atoms with Gasteiger partial charge in [0.1, 0.15) is 11.4 Å². The van der Waals surface area contributed by atoms with Gasteiger partial charge in [-0.1, -0.05) is 34.4 Å². The first-order valence-electron chi connectivity index (χ1n) is 15.7. The number of aromatic amines is 1. The zero-order valence-corrected chi connectivity index (χ0v) is 29.3. The minimum Gasteiger partial charge on any atom is -0.444 e. The van der Waals surface area contributed by atoms with Crippen molar-refractivity contribution in [2.75, 3.05) is 24.2 Å². The van der Waals surface area contributed by atoms with Crippen molar-refractivity contribution in [1.29, 1.82) is 0 Å². The third kappa shape index (κ3) is 8.51. The second kappa shape index (κ2) is 14.9. The number of fused-ring (bicyclic) bond motifs is 1. The number of benzene rings is 2. The van der Waals surface area contributed by atoms with Crippen LogP contribution < -0.4 is 15.6 Å². The van der Waals surface area contributed by atoms with Gasteiger partial charge in [-0.15, -0.1) is 0 Å². The zero-order valence-electron chi connectivity index (χ0n) is 27.7. The summed E-state index contributed by atoms with van der Waals surface area (Å²) in [6, 6.07) is 15.5. The number of nitrogens with one attached hydrogen (secondary N) is 3. The first-order chi connectivity index (χ1) is 22.5. The largest absolute Gasteiger partial charge is 0.444 e. The molecule has 10 nitrogen and oxygen atoms in total. The van der Waals surface area contributed by atoms with Gasteiger partial charge in [-0.2, -0.15) is 0 Å². The smallest absolute Gasteiger partial charge is 0.410 e.